The van der Waals surface area contributed by atoms with E-state index in [2.05, 4.69) is 12.2 Å². The number of benzene rings is 2. The molecule has 2 aromatic carbocycles. The third kappa shape index (κ3) is 3.40. The Bertz CT molecular complexity index is 999. The normalized spacial score (nSPS) is 12.2. The second-order valence-corrected chi connectivity index (χ2v) is 6.80. The molecule has 1 amide bonds. The highest BCUT2D eigenvalue weighted by Crippen LogP contribution is 2.34. The summed E-state index contributed by atoms with van der Waals surface area (Å²) in [6.07, 6.45) is 3.35. The molecular formula is C22H22N4O. The molecule has 3 aromatic rings. The Hall–Kier alpha value is -3.21. The molecule has 136 valence electrons. The Kier molecular flexibility index (Phi) is 4.59. The fourth-order valence-corrected chi connectivity index (χ4v) is 3.48. The Morgan fingerprint density at radius 2 is 1.93 bits per heavy atom. The van der Waals surface area contributed by atoms with Gasteiger partial charge in [0.1, 0.15) is 0 Å². The molecular weight excluding hydrogens is 336 g/mol. The standard InChI is InChI=1S/C22H22N4O/c1-2-6-19-21(26-22(27)14-7-4-3-5-8-14)25-18-12-9-15-13-16(23)10-11-17(15)20(18)24-19/h3-5,7-8,10-11,13H,2,6,9,12,23H2,1H3,(H,25,26,27). The molecule has 4 rings (SSSR count). The smallest absolute Gasteiger partial charge is 0.256 e. The lowest BCUT2D eigenvalue weighted by atomic mass is 9.91. The van der Waals surface area contributed by atoms with Crippen LogP contribution < -0.4 is 11.1 Å². The summed E-state index contributed by atoms with van der Waals surface area (Å²) in [6.45, 7) is 2.10. The lowest BCUT2D eigenvalue weighted by molar-refractivity contribution is 0.102. The summed E-state index contributed by atoms with van der Waals surface area (Å²) in [4.78, 5) is 22.3. The van der Waals surface area contributed by atoms with E-state index in [0.717, 1.165) is 54.0 Å². The maximum atomic E-state index is 12.6. The van der Waals surface area contributed by atoms with Crippen molar-refractivity contribution < 1.29 is 4.79 Å². The van der Waals surface area contributed by atoms with Crippen LogP contribution in [0.25, 0.3) is 11.3 Å². The maximum absolute atomic E-state index is 12.6. The number of amides is 1. The van der Waals surface area contributed by atoms with Gasteiger partial charge >= 0.3 is 0 Å². The molecule has 0 bridgehead atoms. The zero-order valence-corrected chi connectivity index (χ0v) is 15.3. The summed E-state index contributed by atoms with van der Waals surface area (Å²) in [5, 5.41) is 2.96. The van der Waals surface area contributed by atoms with Crippen molar-refractivity contribution in [2.24, 2.45) is 0 Å². The molecule has 1 heterocycles. The number of nitrogens with one attached hydrogen (secondary N) is 1. The number of anilines is 2. The summed E-state index contributed by atoms with van der Waals surface area (Å²) in [5.41, 5.74) is 12.3. The number of carbonyl (C=O) groups excluding carboxylic acids is 1. The third-order valence-electron chi connectivity index (χ3n) is 4.81. The molecule has 0 atom stereocenters. The highest BCUT2D eigenvalue weighted by atomic mass is 16.1. The number of rotatable bonds is 4. The minimum Gasteiger partial charge on any atom is -0.399 e. The Labute approximate surface area is 158 Å². The molecule has 27 heavy (non-hydrogen) atoms. The van der Waals surface area contributed by atoms with Gasteiger partial charge in [-0.2, -0.15) is 0 Å². The predicted octanol–water partition coefficient (Wildman–Crippen LogP) is 4.03. The Morgan fingerprint density at radius 1 is 1.11 bits per heavy atom. The number of nitrogens with two attached hydrogens (primary N) is 1. The van der Waals surface area contributed by atoms with E-state index in [4.69, 9.17) is 15.7 Å². The van der Waals surface area contributed by atoms with Gasteiger partial charge in [-0.15, -0.1) is 0 Å². The third-order valence-corrected chi connectivity index (χ3v) is 4.81. The molecule has 1 aliphatic carbocycles. The topological polar surface area (TPSA) is 80.9 Å². The SMILES string of the molecule is CCCc1nc2c(nc1NC(=O)c1ccccc1)CCc1cc(N)ccc1-2. The van der Waals surface area contributed by atoms with Crippen LogP contribution in [-0.4, -0.2) is 15.9 Å². The first kappa shape index (κ1) is 17.2. The predicted molar refractivity (Wildman–Crippen MR) is 108 cm³/mol. The van der Waals surface area contributed by atoms with Crippen molar-refractivity contribution >= 4 is 17.4 Å². The van der Waals surface area contributed by atoms with Crippen molar-refractivity contribution in [2.75, 3.05) is 11.1 Å². The molecule has 1 aromatic heterocycles. The van der Waals surface area contributed by atoms with Crippen LogP contribution in [0.15, 0.2) is 48.5 Å². The van der Waals surface area contributed by atoms with Gasteiger partial charge in [0, 0.05) is 16.8 Å². The van der Waals surface area contributed by atoms with Gasteiger partial charge in [-0.3, -0.25) is 4.79 Å². The van der Waals surface area contributed by atoms with E-state index in [-0.39, 0.29) is 5.91 Å². The van der Waals surface area contributed by atoms with Crippen LogP contribution in [0.1, 0.15) is 40.7 Å². The monoisotopic (exact) mass is 358 g/mol. The van der Waals surface area contributed by atoms with Crippen LogP contribution in [0.3, 0.4) is 0 Å². The van der Waals surface area contributed by atoms with Crippen molar-refractivity contribution in [3.05, 3.63) is 71.0 Å². The zero-order chi connectivity index (χ0) is 18.8. The zero-order valence-electron chi connectivity index (χ0n) is 15.3. The molecule has 0 unspecified atom stereocenters. The van der Waals surface area contributed by atoms with Crippen molar-refractivity contribution in [2.45, 2.75) is 32.6 Å². The second-order valence-electron chi connectivity index (χ2n) is 6.80. The summed E-state index contributed by atoms with van der Waals surface area (Å²) < 4.78 is 0. The number of nitrogen functional groups attached to an aromatic ring is 1. The van der Waals surface area contributed by atoms with Gasteiger partial charge < -0.3 is 11.1 Å². The first-order chi connectivity index (χ1) is 13.2. The molecule has 0 radical (unpaired) electrons. The van der Waals surface area contributed by atoms with Gasteiger partial charge in [0.15, 0.2) is 5.82 Å². The first-order valence-electron chi connectivity index (χ1n) is 9.30. The van der Waals surface area contributed by atoms with Crippen molar-refractivity contribution in [3.8, 4) is 11.3 Å². The number of fused-ring (bicyclic) bond motifs is 3. The van der Waals surface area contributed by atoms with E-state index < -0.39 is 0 Å². The van der Waals surface area contributed by atoms with Gasteiger partial charge in [0.25, 0.3) is 5.91 Å². The lowest BCUT2D eigenvalue weighted by Gasteiger charge is -2.21. The number of hydrogen-bond donors (Lipinski definition) is 2. The van der Waals surface area contributed by atoms with Crippen LogP contribution in [-0.2, 0) is 19.3 Å². The van der Waals surface area contributed by atoms with E-state index in [1.54, 1.807) is 12.1 Å². The number of nitrogens with zero attached hydrogens (tertiary/aromatic N) is 2. The van der Waals surface area contributed by atoms with Crippen molar-refractivity contribution in [1.29, 1.82) is 0 Å². The molecule has 3 N–H and O–H groups in total. The molecule has 5 nitrogen and oxygen atoms in total. The fraction of sp³-hybridized carbons (Fsp3) is 0.227. The minimum atomic E-state index is -0.161. The largest absolute Gasteiger partial charge is 0.399 e. The van der Waals surface area contributed by atoms with Gasteiger partial charge in [0.2, 0.25) is 0 Å². The molecule has 0 fully saturated rings. The summed E-state index contributed by atoms with van der Waals surface area (Å²) in [7, 11) is 0. The first-order valence-corrected chi connectivity index (χ1v) is 9.30. The molecule has 0 spiro atoms. The summed E-state index contributed by atoms with van der Waals surface area (Å²) in [6, 6.07) is 15.1. The highest BCUT2D eigenvalue weighted by molar-refractivity contribution is 6.04. The van der Waals surface area contributed by atoms with Crippen molar-refractivity contribution in [3.63, 3.8) is 0 Å². The number of hydrogen-bond acceptors (Lipinski definition) is 4. The van der Waals surface area contributed by atoms with Gasteiger partial charge in [0.05, 0.1) is 17.1 Å². The van der Waals surface area contributed by atoms with Crippen LogP contribution in [0, 0.1) is 0 Å². The van der Waals surface area contributed by atoms with Crippen LogP contribution in [0.5, 0.6) is 0 Å². The van der Waals surface area contributed by atoms with Gasteiger partial charge in [-0.1, -0.05) is 37.6 Å². The van der Waals surface area contributed by atoms with E-state index in [9.17, 15) is 4.79 Å². The number of aromatic nitrogens is 2. The number of carbonyl (C=O) groups is 1. The summed E-state index contributed by atoms with van der Waals surface area (Å²) in [5.74, 6) is 0.412. The van der Waals surface area contributed by atoms with E-state index in [0.29, 0.717) is 11.4 Å². The molecule has 0 saturated carbocycles. The summed E-state index contributed by atoms with van der Waals surface area (Å²) >= 11 is 0. The van der Waals surface area contributed by atoms with Gasteiger partial charge in [-0.25, -0.2) is 9.97 Å². The van der Waals surface area contributed by atoms with E-state index >= 15 is 0 Å². The molecule has 1 aliphatic rings. The van der Waals surface area contributed by atoms with E-state index in [1.165, 1.54) is 5.56 Å². The van der Waals surface area contributed by atoms with E-state index in [1.807, 2.05) is 36.4 Å². The average Bonchev–Trinajstić information content (AvgIpc) is 2.69. The van der Waals surface area contributed by atoms with Crippen molar-refractivity contribution in [1.82, 2.24) is 9.97 Å². The molecule has 0 aliphatic heterocycles. The second kappa shape index (κ2) is 7.19. The Morgan fingerprint density at radius 3 is 2.70 bits per heavy atom. The quantitative estimate of drug-likeness (QED) is 0.690. The van der Waals surface area contributed by atoms with Crippen LogP contribution in [0.4, 0.5) is 11.5 Å². The average molecular weight is 358 g/mol. The lowest BCUT2D eigenvalue weighted by Crippen LogP contribution is -2.18. The van der Waals surface area contributed by atoms with Crippen LogP contribution >= 0.6 is 0 Å². The number of aryl methyl sites for hydroxylation is 3. The minimum absolute atomic E-state index is 0.161. The Balaban J connectivity index is 1.73. The highest BCUT2D eigenvalue weighted by Gasteiger charge is 2.22. The molecule has 0 saturated heterocycles. The maximum Gasteiger partial charge on any atom is 0.256 e. The molecule has 5 heteroatoms. The van der Waals surface area contributed by atoms with Gasteiger partial charge in [-0.05, 0) is 49.1 Å². The fourth-order valence-electron chi connectivity index (χ4n) is 3.48. The van der Waals surface area contributed by atoms with Crippen LogP contribution in [0.2, 0.25) is 0 Å².